The van der Waals surface area contributed by atoms with Crippen molar-refractivity contribution in [3.63, 3.8) is 0 Å². The standard InChI is InChI=1S/C19H32N2O/c1-19(2,11-14-22)16-20-15-17-7-9-18(10-8-17)21-12-5-3-4-6-13-21/h7-10,20,22H,3-6,11-16H2,1-2H3. The van der Waals surface area contributed by atoms with Crippen molar-refractivity contribution in [2.24, 2.45) is 5.41 Å². The Balaban J connectivity index is 1.81. The number of hydrogen-bond acceptors (Lipinski definition) is 3. The molecule has 0 atom stereocenters. The monoisotopic (exact) mass is 304 g/mol. The summed E-state index contributed by atoms with van der Waals surface area (Å²) in [6, 6.07) is 9.01. The van der Waals surface area contributed by atoms with Crippen molar-refractivity contribution in [3.8, 4) is 0 Å². The Morgan fingerprint density at radius 3 is 2.27 bits per heavy atom. The van der Waals surface area contributed by atoms with Crippen LogP contribution in [0.5, 0.6) is 0 Å². The van der Waals surface area contributed by atoms with Crippen molar-refractivity contribution in [1.29, 1.82) is 0 Å². The maximum absolute atomic E-state index is 9.06. The molecular weight excluding hydrogens is 272 g/mol. The fourth-order valence-electron chi connectivity index (χ4n) is 3.09. The molecule has 3 nitrogen and oxygen atoms in total. The Morgan fingerprint density at radius 2 is 1.68 bits per heavy atom. The third kappa shape index (κ3) is 5.62. The molecule has 22 heavy (non-hydrogen) atoms. The highest BCUT2D eigenvalue weighted by atomic mass is 16.3. The van der Waals surface area contributed by atoms with Crippen molar-refractivity contribution in [3.05, 3.63) is 29.8 Å². The second-order valence-corrected chi connectivity index (χ2v) is 7.31. The quantitative estimate of drug-likeness (QED) is 0.808. The molecule has 0 radical (unpaired) electrons. The van der Waals surface area contributed by atoms with E-state index < -0.39 is 0 Å². The maximum Gasteiger partial charge on any atom is 0.0436 e. The highest BCUT2D eigenvalue weighted by molar-refractivity contribution is 5.47. The summed E-state index contributed by atoms with van der Waals surface area (Å²) >= 11 is 0. The number of hydrogen-bond donors (Lipinski definition) is 2. The van der Waals surface area contributed by atoms with E-state index in [1.807, 2.05) is 0 Å². The first-order valence-electron chi connectivity index (χ1n) is 8.76. The fraction of sp³-hybridized carbons (Fsp3) is 0.684. The molecule has 1 aliphatic rings. The molecule has 124 valence electrons. The number of benzene rings is 1. The molecule has 1 heterocycles. The van der Waals surface area contributed by atoms with E-state index in [1.165, 1.54) is 50.0 Å². The van der Waals surface area contributed by atoms with Crippen LogP contribution in [0.15, 0.2) is 24.3 Å². The Bertz CT molecular complexity index is 420. The highest BCUT2D eigenvalue weighted by Crippen LogP contribution is 2.21. The van der Waals surface area contributed by atoms with Gasteiger partial charge in [0.2, 0.25) is 0 Å². The smallest absolute Gasteiger partial charge is 0.0436 e. The summed E-state index contributed by atoms with van der Waals surface area (Å²) in [4.78, 5) is 2.52. The largest absolute Gasteiger partial charge is 0.396 e. The zero-order chi connectivity index (χ0) is 15.8. The second-order valence-electron chi connectivity index (χ2n) is 7.31. The van der Waals surface area contributed by atoms with Gasteiger partial charge in [0.1, 0.15) is 0 Å². The summed E-state index contributed by atoms with van der Waals surface area (Å²) < 4.78 is 0. The average Bonchev–Trinajstić information content (AvgIpc) is 2.77. The predicted molar refractivity (Wildman–Crippen MR) is 94.3 cm³/mol. The van der Waals surface area contributed by atoms with E-state index in [2.05, 4.69) is 48.3 Å². The molecule has 0 amide bonds. The van der Waals surface area contributed by atoms with Crippen LogP contribution in [-0.2, 0) is 6.54 Å². The molecular formula is C19H32N2O. The summed E-state index contributed by atoms with van der Waals surface area (Å²) in [6.45, 7) is 8.88. The van der Waals surface area contributed by atoms with Crippen LogP contribution in [0.25, 0.3) is 0 Å². The van der Waals surface area contributed by atoms with Crippen molar-refractivity contribution < 1.29 is 5.11 Å². The molecule has 1 aromatic carbocycles. The zero-order valence-corrected chi connectivity index (χ0v) is 14.3. The molecule has 2 rings (SSSR count). The fourth-order valence-corrected chi connectivity index (χ4v) is 3.09. The number of aliphatic hydroxyl groups is 1. The van der Waals surface area contributed by atoms with Gasteiger partial charge in [-0.3, -0.25) is 0 Å². The Hall–Kier alpha value is -1.06. The van der Waals surface area contributed by atoms with E-state index in [9.17, 15) is 0 Å². The minimum Gasteiger partial charge on any atom is -0.396 e. The molecule has 1 fully saturated rings. The van der Waals surface area contributed by atoms with Crippen molar-refractivity contribution >= 4 is 5.69 Å². The van der Waals surface area contributed by atoms with E-state index in [0.717, 1.165) is 19.5 Å². The molecule has 0 aromatic heterocycles. The molecule has 0 bridgehead atoms. The van der Waals surface area contributed by atoms with Gasteiger partial charge in [-0.2, -0.15) is 0 Å². The van der Waals surface area contributed by atoms with Crippen LogP contribution in [0.2, 0.25) is 0 Å². The summed E-state index contributed by atoms with van der Waals surface area (Å²) in [5.41, 5.74) is 2.85. The van der Waals surface area contributed by atoms with Gasteiger partial charge >= 0.3 is 0 Å². The van der Waals surface area contributed by atoms with Gasteiger partial charge < -0.3 is 15.3 Å². The average molecular weight is 304 g/mol. The van der Waals surface area contributed by atoms with Gasteiger partial charge in [-0.25, -0.2) is 0 Å². The first kappa shape index (κ1) is 17.3. The number of nitrogens with zero attached hydrogens (tertiary/aromatic N) is 1. The van der Waals surface area contributed by atoms with Crippen molar-refractivity contribution in [2.45, 2.75) is 52.5 Å². The van der Waals surface area contributed by atoms with Crippen LogP contribution in [0, 0.1) is 5.41 Å². The van der Waals surface area contributed by atoms with Gasteiger partial charge in [0, 0.05) is 38.5 Å². The number of nitrogens with one attached hydrogen (secondary N) is 1. The molecule has 0 aliphatic carbocycles. The highest BCUT2D eigenvalue weighted by Gasteiger charge is 2.16. The Kier molecular flexibility index (Phi) is 6.71. The molecule has 3 heteroatoms. The van der Waals surface area contributed by atoms with Crippen LogP contribution in [-0.4, -0.2) is 31.3 Å². The van der Waals surface area contributed by atoms with Gasteiger partial charge in [-0.15, -0.1) is 0 Å². The van der Waals surface area contributed by atoms with Crippen LogP contribution in [0.4, 0.5) is 5.69 Å². The predicted octanol–water partition coefficient (Wildman–Crippen LogP) is 3.57. The topological polar surface area (TPSA) is 35.5 Å². The Morgan fingerprint density at radius 1 is 1.05 bits per heavy atom. The van der Waals surface area contributed by atoms with E-state index in [-0.39, 0.29) is 12.0 Å². The summed E-state index contributed by atoms with van der Waals surface area (Å²) in [6.07, 6.45) is 6.24. The molecule has 2 N–H and O–H groups in total. The molecule has 1 aromatic rings. The summed E-state index contributed by atoms with van der Waals surface area (Å²) in [5, 5.41) is 12.6. The van der Waals surface area contributed by atoms with Crippen LogP contribution in [0.1, 0.15) is 51.5 Å². The first-order valence-corrected chi connectivity index (χ1v) is 8.76. The second kappa shape index (κ2) is 8.54. The van der Waals surface area contributed by atoms with Gasteiger partial charge in [-0.1, -0.05) is 38.8 Å². The maximum atomic E-state index is 9.06. The van der Waals surface area contributed by atoms with E-state index in [4.69, 9.17) is 5.11 Å². The minimum absolute atomic E-state index is 0.154. The van der Waals surface area contributed by atoms with Gasteiger partial charge in [-0.05, 0) is 42.4 Å². The molecule has 0 unspecified atom stereocenters. The number of rotatable bonds is 7. The van der Waals surface area contributed by atoms with Crippen molar-refractivity contribution in [1.82, 2.24) is 5.32 Å². The first-order chi connectivity index (χ1) is 10.6. The van der Waals surface area contributed by atoms with Gasteiger partial charge in [0.05, 0.1) is 0 Å². The number of aliphatic hydroxyl groups excluding tert-OH is 1. The van der Waals surface area contributed by atoms with E-state index >= 15 is 0 Å². The van der Waals surface area contributed by atoms with Crippen LogP contribution in [0.3, 0.4) is 0 Å². The SMILES string of the molecule is CC(C)(CCO)CNCc1ccc(N2CCCCCC2)cc1. The lowest BCUT2D eigenvalue weighted by Gasteiger charge is -2.24. The van der Waals surface area contributed by atoms with Crippen molar-refractivity contribution in [2.75, 3.05) is 31.1 Å². The lowest BCUT2D eigenvalue weighted by molar-refractivity contribution is 0.207. The third-order valence-corrected chi connectivity index (χ3v) is 4.63. The lowest BCUT2D eigenvalue weighted by atomic mass is 9.90. The van der Waals surface area contributed by atoms with E-state index in [0.29, 0.717) is 0 Å². The molecule has 0 spiro atoms. The molecule has 1 saturated heterocycles. The normalized spacial score (nSPS) is 16.6. The van der Waals surface area contributed by atoms with Crippen LogP contribution >= 0.6 is 0 Å². The molecule has 1 aliphatic heterocycles. The Labute approximate surface area is 135 Å². The summed E-state index contributed by atoms with van der Waals surface area (Å²) in [7, 11) is 0. The number of anilines is 1. The summed E-state index contributed by atoms with van der Waals surface area (Å²) in [5.74, 6) is 0. The molecule has 0 saturated carbocycles. The van der Waals surface area contributed by atoms with E-state index in [1.54, 1.807) is 0 Å². The third-order valence-electron chi connectivity index (χ3n) is 4.63. The van der Waals surface area contributed by atoms with Crippen LogP contribution < -0.4 is 10.2 Å². The van der Waals surface area contributed by atoms with Gasteiger partial charge in [0.15, 0.2) is 0 Å². The minimum atomic E-state index is 0.154. The van der Waals surface area contributed by atoms with Gasteiger partial charge in [0.25, 0.3) is 0 Å². The zero-order valence-electron chi connectivity index (χ0n) is 14.3. The lowest BCUT2D eigenvalue weighted by Crippen LogP contribution is -2.30.